The van der Waals surface area contributed by atoms with Gasteiger partial charge in [0.1, 0.15) is 5.54 Å². The largest absolute Gasteiger partial charge is 0.391 e. The maximum atomic E-state index is 12.2. The fourth-order valence-corrected chi connectivity index (χ4v) is 2.09. The van der Waals surface area contributed by atoms with Gasteiger partial charge in [0.05, 0.1) is 6.10 Å². The number of halogens is 1. The van der Waals surface area contributed by atoms with Crippen LogP contribution in [-0.2, 0) is 10.3 Å². The van der Waals surface area contributed by atoms with E-state index in [0.29, 0.717) is 6.42 Å². The van der Waals surface area contributed by atoms with E-state index in [1.54, 1.807) is 6.92 Å². The fourth-order valence-electron chi connectivity index (χ4n) is 2.09. The predicted molar refractivity (Wildman–Crippen MR) is 88.3 cm³/mol. The first-order valence-corrected chi connectivity index (χ1v) is 6.94. The summed E-state index contributed by atoms with van der Waals surface area (Å²) in [7, 11) is 0. The summed E-state index contributed by atoms with van der Waals surface area (Å²) in [6, 6.07) is 9.23. The van der Waals surface area contributed by atoms with E-state index in [4.69, 9.17) is 5.73 Å². The Bertz CT molecular complexity index is 441. The topological polar surface area (TPSA) is 75.3 Å². The number of nitrogens with two attached hydrogens (primary N) is 1. The molecule has 0 aliphatic carbocycles. The Labute approximate surface area is 133 Å². The van der Waals surface area contributed by atoms with Gasteiger partial charge in [-0.2, -0.15) is 0 Å². The fraction of sp³-hybridized carbons (Fsp3) is 0.562. The van der Waals surface area contributed by atoms with E-state index >= 15 is 0 Å². The second-order valence-electron chi connectivity index (χ2n) is 6.70. The number of benzene rings is 1. The first kappa shape index (κ1) is 19.9. The maximum Gasteiger partial charge on any atom is 0.244 e. The van der Waals surface area contributed by atoms with Crippen molar-refractivity contribution in [3.05, 3.63) is 35.9 Å². The van der Waals surface area contributed by atoms with Crippen molar-refractivity contribution >= 4 is 18.3 Å². The Balaban J connectivity index is 0.00000400. The molecule has 0 bridgehead atoms. The lowest BCUT2D eigenvalue weighted by atomic mass is 9.89. The number of carbonyl (C=O) groups excluding carboxylic acids is 1. The normalized spacial score (nSPS) is 15.5. The summed E-state index contributed by atoms with van der Waals surface area (Å²) in [4.78, 5) is 12.2. The molecule has 1 rings (SSSR count). The highest BCUT2D eigenvalue weighted by Crippen LogP contribution is 2.21. The van der Waals surface area contributed by atoms with Crippen molar-refractivity contribution in [1.29, 1.82) is 0 Å². The van der Waals surface area contributed by atoms with Crippen LogP contribution in [0, 0.1) is 5.41 Å². The van der Waals surface area contributed by atoms with Gasteiger partial charge in [-0.25, -0.2) is 0 Å². The van der Waals surface area contributed by atoms with Gasteiger partial charge in [-0.15, -0.1) is 12.4 Å². The predicted octanol–water partition coefficient (Wildman–Crippen LogP) is 2.20. The van der Waals surface area contributed by atoms with Crippen molar-refractivity contribution in [2.45, 2.75) is 45.8 Å². The molecule has 0 aliphatic rings. The third-order valence-corrected chi connectivity index (χ3v) is 3.19. The molecule has 0 saturated carbocycles. The lowest BCUT2D eigenvalue weighted by Gasteiger charge is -2.26. The van der Waals surface area contributed by atoms with Crippen LogP contribution in [0.4, 0.5) is 0 Å². The lowest BCUT2D eigenvalue weighted by Crippen LogP contribution is -2.50. The minimum Gasteiger partial charge on any atom is -0.391 e. The maximum absolute atomic E-state index is 12.2. The molecule has 2 atom stereocenters. The Hall–Kier alpha value is -1.10. The average Bonchev–Trinajstić information content (AvgIpc) is 2.35. The lowest BCUT2D eigenvalue weighted by molar-refractivity contribution is -0.126. The van der Waals surface area contributed by atoms with Crippen molar-refractivity contribution < 1.29 is 9.90 Å². The Morgan fingerprint density at radius 3 is 2.24 bits per heavy atom. The van der Waals surface area contributed by atoms with E-state index in [-0.39, 0.29) is 30.3 Å². The third kappa shape index (κ3) is 6.46. The zero-order valence-electron chi connectivity index (χ0n) is 13.2. The van der Waals surface area contributed by atoms with Crippen LogP contribution in [0.1, 0.15) is 39.7 Å². The Kier molecular flexibility index (Phi) is 7.37. The van der Waals surface area contributed by atoms with Crippen LogP contribution in [0.15, 0.2) is 30.3 Å². The third-order valence-electron chi connectivity index (χ3n) is 3.19. The molecule has 0 aromatic heterocycles. The van der Waals surface area contributed by atoms with E-state index in [1.165, 1.54) is 0 Å². The highest BCUT2D eigenvalue weighted by molar-refractivity contribution is 5.87. The van der Waals surface area contributed by atoms with Crippen molar-refractivity contribution in [3.63, 3.8) is 0 Å². The summed E-state index contributed by atoms with van der Waals surface area (Å²) >= 11 is 0. The van der Waals surface area contributed by atoms with Gasteiger partial charge in [0, 0.05) is 6.54 Å². The van der Waals surface area contributed by atoms with E-state index < -0.39 is 11.6 Å². The molecule has 0 saturated heterocycles. The molecule has 1 aromatic carbocycles. The molecule has 0 radical (unpaired) electrons. The van der Waals surface area contributed by atoms with Gasteiger partial charge in [0.2, 0.25) is 5.91 Å². The van der Waals surface area contributed by atoms with Crippen molar-refractivity contribution in [3.8, 4) is 0 Å². The zero-order chi connectivity index (χ0) is 15.4. The number of hydrogen-bond donors (Lipinski definition) is 3. The number of hydrogen-bond acceptors (Lipinski definition) is 3. The second-order valence-corrected chi connectivity index (χ2v) is 6.70. The van der Waals surface area contributed by atoms with E-state index in [9.17, 15) is 9.90 Å². The van der Waals surface area contributed by atoms with Gasteiger partial charge in [0.25, 0.3) is 0 Å². The van der Waals surface area contributed by atoms with Gasteiger partial charge in [0.15, 0.2) is 0 Å². The summed E-state index contributed by atoms with van der Waals surface area (Å²) in [5.41, 5.74) is 5.78. The van der Waals surface area contributed by atoms with Gasteiger partial charge < -0.3 is 16.2 Å². The SMILES string of the molecule is CC(C)(C)CC(O)CNC(=O)C(C)(N)c1ccccc1.Cl. The van der Waals surface area contributed by atoms with Crippen LogP contribution in [0.3, 0.4) is 0 Å². The first-order chi connectivity index (χ1) is 9.13. The van der Waals surface area contributed by atoms with Gasteiger partial charge in [-0.05, 0) is 24.3 Å². The quantitative estimate of drug-likeness (QED) is 0.780. The molecular formula is C16H27ClN2O2. The molecule has 4 nitrogen and oxygen atoms in total. The zero-order valence-corrected chi connectivity index (χ0v) is 14.0. The molecule has 120 valence electrons. The van der Waals surface area contributed by atoms with E-state index in [0.717, 1.165) is 5.56 Å². The van der Waals surface area contributed by atoms with Crippen LogP contribution in [-0.4, -0.2) is 23.7 Å². The minimum atomic E-state index is -1.09. The minimum absolute atomic E-state index is 0. The molecular weight excluding hydrogens is 288 g/mol. The monoisotopic (exact) mass is 314 g/mol. The number of carbonyl (C=O) groups is 1. The number of aliphatic hydroxyl groups is 1. The molecule has 4 N–H and O–H groups in total. The average molecular weight is 315 g/mol. The van der Waals surface area contributed by atoms with Crippen molar-refractivity contribution in [2.75, 3.05) is 6.54 Å². The van der Waals surface area contributed by atoms with Crippen LogP contribution in [0.5, 0.6) is 0 Å². The second kappa shape index (κ2) is 7.78. The van der Waals surface area contributed by atoms with E-state index in [2.05, 4.69) is 26.1 Å². The standard InChI is InChI=1S/C16H26N2O2.ClH/c1-15(2,3)10-13(19)11-18-14(20)16(4,17)12-8-6-5-7-9-12;/h5-9,13,19H,10-11,17H2,1-4H3,(H,18,20);1H. The van der Waals surface area contributed by atoms with Gasteiger partial charge in [-0.1, -0.05) is 51.1 Å². The van der Waals surface area contributed by atoms with Gasteiger partial charge >= 0.3 is 0 Å². The molecule has 0 heterocycles. The molecule has 0 aliphatic heterocycles. The van der Waals surface area contributed by atoms with Gasteiger partial charge in [-0.3, -0.25) is 4.79 Å². The van der Waals surface area contributed by atoms with Crippen molar-refractivity contribution in [1.82, 2.24) is 5.32 Å². The number of aliphatic hydroxyl groups excluding tert-OH is 1. The first-order valence-electron chi connectivity index (χ1n) is 6.94. The van der Waals surface area contributed by atoms with Crippen LogP contribution >= 0.6 is 12.4 Å². The highest BCUT2D eigenvalue weighted by atomic mass is 35.5. The van der Waals surface area contributed by atoms with Crippen LogP contribution < -0.4 is 11.1 Å². The summed E-state index contributed by atoms with van der Waals surface area (Å²) in [6.07, 6.45) is 0.0606. The number of nitrogens with one attached hydrogen (secondary N) is 1. The molecule has 5 heteroatoms. The Morgan fingerprint density at radius 1 is 1.24 bits per heavy atom. The molecule has 0 fully saturated rings. The molecule has 1 aromatic rings. The smallest absolute Gasteiger partial charge is 0.244 e. The Morgan fingerprint density at radius 2 is 1.76 bits per heavy atom. The molecule has 1 amide bonds. The summed E-state index contributed by atoms with van der Waals surface area (Å²) in [6.45, 7) is 8.04. The molecule has 2 unspecified atom stereocenters. The van der Waals surface area contributed by atoms with Crippen LogP contribution in [0.2, 0.25) is 0 Å². The molecule has 21 heavy (non-hydrogen) atoms. The van der Waals surface area contributed by atoms with E-state index in [1.807, 2.05) is 30.3 Å². The molecule has 0 spiro atoms. The summed E-state index contributed by atoms with van der Waals surface area (Å²) < 4.78 is 0. The summed E-state index contributed by atoms with van der Waals surface area (Å²) in [5.74, 6) is -0.281. The highest BCUT2D eigenvalue weighted by Gasteiger charge is 2.30. The number of amides is 1. The number of rotatable bonds is 5. The van der Waals surface area contributed by atoms with Crippen LogP contribution in [0.25, 0.3) is 0 Å². The summed E-state index contributed by atoms with van der Waals surface area (Å²) in [5, 5.41) is 12.6. The van der Waals surface area contributed by atoms with Crippen molar-refractivity contribution in [2.24, 2.45) is 11.1 Å².